The maximum Gasteiger partial charge on any atom is 0.0974 e. The van der Waals surface area contributed by atoms with Gasteiger partial charge in [0.25, 0.3) is 0 Å². The molecule has 22 rings (SSSR count). The smallest absolute Gasteiger partial charge is 0.0974 e. The number of aryl methyl sites for hydroxylation is 6. The van der Waals surface area contributed by atoms with E-state index in [1.54, 1.807) is 0 Å². The summed E-state index contributed by atoms with van der Waals surface area (Å²) in [6.07, 6.45) is 10.2. The average molecular weight is 1550 g/mol. The molecule has 8 heteroatoms. The number of fused-ring (bicyclic) bond motifs is 12. The Kier molecular flexibility index (Phi) is 21.2. The lowest BCUT2D eigenvalue weighted by molar-refractivity contribution is 0.699. The Labute approximate surface area is 701 Å². The van der Waals surface area contributed by atoms with Crippen LogP contribution in [0.3, 0.4) is 0 Å². The first-order chi connectivity index (χ1) is 59.0. The summed E-state index contributed by atoms with van der Waals surface area (Å²) in [5.74, 6) is 1.11. The highest BCUT2D eigenvalue weighted by atomic mass is 14.8. The summed E-state index contributed by atoms with van der Waals surface area (Å²) in [5, 5.41) is 9.27. The molecule has 0 spiro atoms. The largest absolute Gasteiger partial charge is 0.251 e. The Morgan fingerprint density at radius 3 is 0.467 bits per heavy atom. The van der Waals surface area contributed by atoms with Crippen molar-refractivity contribution in [3.8, 4) is 89.0 Å². The van der Waals surface area contributed by atoms with Gasteiger partial charge in [-0.25, -0.2) is 0 Å². The summed E-state index contributed by atoms with van der Waals surface area (Å²) in [5.41, 5.74) is 36.0. The number of rotatable bonds is 10. The molecule has 0 aliphatic heterocycles. The molecular weight excluding hydrogens is 1460 g/mol. The van der Waals surface area contributed by atoms with Crippen molar-refractivity contribution in [1.82, 2.24) is 39.9 Å². The van der Waals surface area contributed by atoms with Crippen molar-refractivity contribution in [3.63, 3.8) is 0 Å². The Morgan fingerprint density at radius 1 is 0.167 bits per heavy atom. The fourth-order valence-corrected chi connectivity index (χ4v) is 18.4. The molecule has 2 aliphatic rings. The number of hydrogen-bond donors (Lipinski definition) is 0. The van der Waals surface area contributed by atoms with Crippen LogP contribution < -0.4 is 0 Å². The van der Waals surface area contributed by atoms with Gasteiger partial charge in [-0.1, -0.05) is 317 Å². The number of nitrogens with zero attached hydrogens (tertiary/aromatic N) is 8. The van der Waals surface area contributed by atoms with E-state index in [0.717, 1.165) is 111 Å². The zero-order valence-corrected chi connectivity index (χ0v) is 68.7. The van der Waals surface area contributed by atoms with Crippen LogP contribution in [0.4, 0.5) is 0 Å². The predicted molar refractivity (Wildman–Crippen MR) is 503 cm³/mol. The summed E-state index contributed by atoms with van der Waals surface area (Å²) in [4.78, 5) is 40.2. The molecule has 120 heavy (non-hydrogen) atoms. The third-order valence-corrected chi connectivity index (χ3v) is 24.1. The molecule has 2 aliphatic carbocycles. The average Bonchev–Trinajstić information content (AvgIpc) is 1.06. The molecule has 0 saturated heterocycles. The van der Waals surface area contributed by atoms with Crippen molar-refractivity contribution >= 4 is 87.2 Å². The van der Waals surface area contributed by atoms with E-state index >= 15 is 0 Å². The zero-order chi connectivity index (χ0) is 81.2. The third kappa shape index (κ3) is 15.3. The lowest BCUT2D eigenvalue weighted by Gasteiger charge is -2.18. The monoisotopic (exact) mass is 1550 g/mol. The van der Waals surface area contributed by atoms with Crippen LogP contribution in [0.5, 0.6) is 0 Å². The molecule has 8 nitrogen and oxygen atoms in total. The Balaban J connectivity index is 0.000000106. The molecule has 0 atom stereocenters. The van der Waals surface area contributed by atoms with Gasteiger partial charge in [-0.2, -0.15) is 0 Å². The van der Waals surface area contributed by atoms with E-state index in [2.05, 4.69) is 345 Å². The second kappa shape index (κ2) is 33.5. The summed E-state index contributed by atoms with van der Waals surface area (Å²) in [6.45, 7) is 12.3. The van der Waals surface area contributed by atoms with E-state index in [9.17, 15) is 0 Å². The number of benzene rings is 12. The van der Waals surface area contributed by atoms with Crippen LogP contribution in [0.2, 0.25) is 0 Å². The summed E-state index contributed by atoms with van der Waals surface area (Å²) in [6, 6.07) is 120. The first-order valence-corrected chi connectivity index (χ1v) is 42.3. The zero-order valence-electron chi connectivity index (χ0n) is 68.7. The highest BCUT2D eigenvalue weighted by Gasteiger charge is 2.26. The third-order valence-electron chi connectivity index (χ3n) is 24.1. The van der Waals surface area contributed by atoms with Crippen molar-refractivity contribution in [2.24, 2.45) is 0 Å². The Bertz CT molecular complexity index is 6250. The topological polar surface area (TPSA) is 103 Å². The van der Waals surface area contributed by atoms with Crippen LogP contribution in [-0.4, -0.2) is 39.9 Å². The summed E-state index contributed by atoms with van der Waals surface area (Å²) >= 11 is 0. The van der Waals surface area contributed by atoms with Gasteiger partial charge in [0.2, 0.25) is 0 Å². The van der Waals surface area contributed by atoms with Crippen LogP contribution in [0.25, 0.3) is 176 Å². The van der Waals surface area contributed by atoms with Gasteiger partial charge < -0.3 is 0 Å². The molecule has 0 radical (unpaired) electrons. The van der Waals surface area contributed by atoms with Gasteiger partial charge in [-0.05, 0) is 205 Å². The van der Waals surface area contributed by atoms with E-state index in [0.29, 0.717) is 11.8 Å². The fourth-order valence-electron chi connectivity index (χ4n) is 18.4. The SMILES string of the molecule is Cc1cc(-c2ccccc2)c2ccc3c(-c4ccccc4)cc(C)nc3c2n1.Cc1cc(-c2ccccc2)c2ccc3c(-c4ccccc4)cc(C)nc3c2n1.Cc1cc(-c2ccccc2)c2ccc3c(-c4ccccc4)cc(C)nc3c2n1.c1ccc(-c2cc(C3CCCC3)nc3c2ccc2c(-c4ccccc4)cc(C4CCCC4)nc23)cc1. The van der Waals surface area contributed by atoms with Gasteiger partial charge in [0.1, 0.15) is 0 Å². The minimum Gasteiger partial charge on any atom is -0.251 e. The van der Waals surface area contributed by atoms with Crippen molar-refractivity contribution in [2.75, 3.05) is 0 Å². The van der Waals surface area contributed by atoms with E-state index in [1.807, 2.05) is 36.4 Å². The predicted octanol–water partition coefficient (Wildman–Crippen LogP) is 29.6. The minimum atomic E-state index is 0.554. The normalized spacial score (nSPS) is 12.9. The van der Waals surface area contributed by atoms with Gasteiger partial charge in [0, 0.05) is 100 Å². The van der Waals surface area contributed by atoms with Gasteiger partial charge in [-0.3, -0.25) is 39.9 Å². The van der Waals surface area contributed by atoms with Gasteiger partial charge in [-0.15, -0.1) is 0 Å². The Hall–Kier alpha value is -14.1. The van der Waals surface area contributed by atoms with Crippen molar-refractivity contribution in [1.29, 1.82) is 0 Å². The summed E-state index contributed by atoms with van der Waals surface area (Å²) < 4.78 is 0. The molecule has 580 valence electrons. The van der Waals surface area contributed by atoms with Crippen molar-refractivity contribution in [2.45, 2.75) is 105 Å². The van der Waals surface area contributed by atoms with Crippen LogP contribution in [-0.2, 0) is 0 Å². The maximum absolute atomic E-state index is 5.41. The molecule has 0 unspecified atom stereocenters. The number of hydrogen-bond acceptors (Lipinski definition) is 8. The molecule has 8 aromatic heterocycles. The van der Waals surface area contributed by atoms with Crippen molar-refractivity contribution < 1.29 is 0 Å². The first-order valence-electron chi connectivity index (χ1n) is 42.3. The fraction of sp³-hybridized carbons (Fsp3) is 0.143. The molecule has 0 amide bonds. The van der Waals surface area contributed by atoms with E-state index < -0.39 is 0 Å². The van der Waals surface area contributed by atoms with Gasteiger partial charge in [0.05, 0.1) is 44.1 Å². The standard InChI is InChI=1S/C34H32N2.3C26H20N2/c1-3-11-23(12-4-1)29-21-31(25-15-7-8-16-25)35-33-27(29)19-20-28-30(24-13-5-2-6-14-24)22-32(36-34(28)33)26-17-9-10-18-26;3*1-17-15-23(19-9-5-3-6-10-19)21-13-14-22-24(20-11-7-4-8-12-20)16-18(2)28-26(22)25(21)27-17/h1-6,11-14,19-22,25-26H,7-10,15-18H2;3*3-16H,1-2H3. The lowest BCUT2D eigenvalue weighted by Crippen LogP contribution is -2.02. The lowest BCUT2D eigenvalue weighted by atomic mass is 9.92. The minimum absolute atomic E-state index is 0.554. The number of aromatic nitrogens is 8. The van der Waals surface area contributed by atoms with Crippen LogP contribution >= 0.6 is 0 Å². The Morgan fingerprint density at radius 2 is 0.308 bits per heavy atom. The van der Waals surface area contributed by atoms with E-state index in [4.69, 9.17) is 39.9 Å². The van der Waals surface area contributed by atoms with E-state index in [-0.39, 0.29) is 0 Å². The highest BCUT2D eigenvalue weighted by molar-refractivity contribution is 6.16. The molecule has 2 saturated carbocycles. The maximum atomic E-state index is 5.41. The van der Waals surface area contributed by atoms with Gasteiger partial charge >= 0.3 is 0 Å². The molecule has 2 fully saturated rings. The number of pyridine rings is 8. The molecule has 12 aromatic carbocycles. The molecule has 0 N–H and O–H groups in total. The molecule has 8 heterocycles. The second-order valence-corrected chi connectivity index (χ2v) is 32.4. The molecular formula is C112H92N8. The first kappa shape index (κ1) is 75.9. The van der Waals surface area contributed by atoms with Crippen molar-refractivity contribution in [3.05, 3.63) is 385 Å². The van der Waals surface area contributed by atoms with Crippen LogP contribution in [0.1, 0.15) is 109 Å². The van der Waals surface area contributed by atoms with Gasteiger partial charge in [0.15, 0.2) is 0 Å². The van der Waals surface area contributed by atoms with Crippen LogP contribution in [0.15, 0.2) is 340 Å². The highest BCUT2D eigenvalue weighted by Crippen LogP contribution is 2.45. The molecule has 0 bridgehead atoms. The molecule has 20 aromatic rings. The summed E-state index contributed by atoms with van der Waals surface area (Å²) in [7, 11) is 0. The second-order valence-electron chi connectivity index (χ2n) is 32.4. The van der Waals surface area contributed by atoms with E-state index in [1.165, 1.54) is 163 Å². The van der Waals surface area contributed by atoms with Crippen LogP contribution in [0, 0.1) is 41.5 Å². The quantitative estimate of drug-likeness (QED) is 0.125.